The molecule has 2 saturated carbocycles. The third kappa shape index (κ3) is 3.29. The second-order valence-corrected chi connectivity index (χ2v) is 5.79. The molecule has 1 heterocycles. The van der Waals surface area contributed by atoms with Crippen molar-refractivity contribution < 1.29 is 4.39 Å². The van der Waals surface area contributed by atoms with E-state index in [4.69, 9.17) is 6.42 Å². The molecule has 0 aliphatic heterocycles. The van der Waals surface area contributed by atoms with Crippen molar-refractivity contribution >= 4 is 5.82 Å². The van der Waals surface area contributed by atoms with Gasteiger partial charge in [0, 0.05) is 30.9 Å². The van der Waals surface area contributed by atoms with Crippen LogP contribution in [0.3, 0.4) is 0 Å². The zero-order valence-corrected chi connectivity index (χ0v) is 11.6. The summed E-state index contributed by atoms with van der Waals surface area (Å²) in [5.41, 5.74) is 0.680. The summed E-state index contributed by atoms with van der Waals surface area (Å²) in [6, 6.07) is 2.32. The minimum absolute atomic E-state index is 0.225. The van der Waals surface area contributed by atoms with Gasteiger partial charge in [-0.15, -0.1) is 6.42 Å². The van der Waals surface area contributed by atoms with Crippen LogP contribution in [0.25, 0.3) is 0 Å². The Morgan fingerprint density at radius 2 is 2.20 bits per heavy atom. The number of aromatic nitrogens is 1. The van der Waals surface area contributed by atoms with E-state index in [2.05, 4.69) is 16.2 Å². The first-order valence-electron chi connectivity index (χ1n) is 7.33. The Bertz CT molecular complexity index is 515. The van der Waals surface area contributed by atoms with Crippen molar-refractivity contribution in [3.05, 3.63) is 23.6 Å². The van der Waals surface area contributed by atoms with Crippen LogP contribution in [0, 0.1) is 24.1 Å². The molecule has 20 heavy (non-hydrogen) atoms. The Morgan fingerprint density at radius 1 is 1.40 bits per heavy atom. The summed E-state index contributed by atoms with van der Waals surface area (Å²) in [4.78, 5) is 6.11. The second-order valence-electron chi connectivity index (χ2n) is 5.79. The molecule has 2 fully saturated rings. The van der Waals surface area contributed by atoms with Crippen LogP contribution in [-0.2, 0) is 6.54 Å². The first-order valence-corrected chi connectivity index (χ1v) is 7.33. The minimum atomic E-state index is -0.225. The van der Waals surface area contributed by atoms with E-state index in [9.17, 15) is 4.39 Å². The predicted octanol–water partition coefficient (Wildman–Crippen LogP) is 2.32. The van der Waals surface area contributed by atoms with Gasteiger partial charge in [-0.2, -0.15) is 0 Å². The summed E-state index contributed by atoms with van der Waals surface area (Å²) in [6.45, 7) is 1.80. The van der Waals surface area contributed by atoms with Gasteiger partial charge >= 0.3 is 0 Å². The van der Waals surface area contributed by atoms with Gasteiger partial charge in [0.2, 0.25) is 0 Å². The Balaban J connectivity index is 1.75. The molecular weight excluding hydrogens is 253 g/mol. The van der Waals surface area contributed by atoms with E-state index >= 15 is 0 Å². The maximum absolute atomic E-state index is 14.6. The highest BCUT2D eigenvalue weighted by molar-refractivity contribution is 5.44. The van der Waals surface area contributed by atoms with E-state index in [0.717, 1.165) is 6.54 Å². The number of rotatable bonds is 7. The van der Waals surface area contributed by atoms with E-state index in [-0.39, 0.29) is 5.82 Å². The molecule has 1 aromatic heterocycles. The zero-order chi connectivity index (χ0) is 13.9. The molecule has 2 aliphatic rings. The van der Waals surface area contributed by atoms with Gasteiger partial charge in [0.1, 0.15) is 0 Å². The summed E-state index contributed by atoms with van der Waals surface area (Å²) in [5, 5.41) is 3.34. The van der Waals surface area contributed by atoms with Gasteiger partial charge in [0.25, 0.3) is 0 Å². The fraction of sp³-hybridized carbons (Fsp3) is 0.562. The fourth-order valence-corrected chi connectivity index (χ4v) is 2.32. The van der Waals surface area contributed by atoms with Crippen LogP contribution < -0.4 is 10.2 Å². The highest BCUT2D eigenvalue weighted by atomic mass is 19.1. The molecule has 0 saturated heterocycles. The average Bonchev–Trinajstić information content (AvgIpc) is 3.32. The van der Waals surface area contributed by atoms with Crippen molar-refractivity contribution in [1.82, 2.24) is 10.3 Å². The third-order valence-corrected chi connectivity index (χ3v) is 3.87. The molecular formula is C16H20FN3. The smallest absolute Gasteiger partial charge is 0.170 e. The molecule has 0 bridgehead atoms. The maximum Gasteiger partial charge on any atom is 0.170 e. The van der Waals surface area contributed by atoms with Crippen molar-refractivity contribution in [3.63, 3.8) is 0 Å². The molecule has 4 heteroatoms. The summed E-state index contributed by atoms with van der Waals surface area (Å²) >= 11 is 0. The first kappa shape index (κ1) is 13.4. The van der Waals surface area contributed by atoms with Gasteiger partial charge in [-0.1, -0.05) is 5.92 Å². The van der Waals surface area contributed by atoms with Crippen LogP contribution in [-0.4, -0.2) is 24.1 Å². The Hall–Kier alpha value is -1.60. The van der Waals surface area contributed by atoms with Crippen molar-refractivity contribution in [3.8, 4) is 12.3 Å². The average molecular weight is 273 g/mol. The highest BCUT2D eigenvalue weighted by Crippen LogP contribution is 2.32. The van der Waals surface area contributed by atoms with E-state index in [1.54, 1.807) is 12.3 Å². The van der Waals surface area contributed by atoms with Crippen LogP contribution in [0.2, 0.25) is 0 Å². The van der Waals surface area contributed by atoms with Gasteiger partial charge < -0.3 is 10.2 Å². The van der Waals surface area contributed by atoms with Gasteiger partial charge in [0.15, 0.2) is 11.6 Å². The quantitative estimate of drug-likeness (QED) is 0.773. The maximum atomic E-state index is 14.6. The Labute approximate surface area is 119 Å². The lowest BCUT2D eigenvalue weighted by Gasteiger charge is -2.22. The van der Waals surface area contributed by atoms with E-state index in [1.807, 2.05) is 4.90 Å². The van der Waals surface area contributed by atoms with Crippen molar-refractivity contribution in [2.24, 2.45) is 5.92 Å². The molecule has 2 aliphatic carbocycles. The Kier molecular flexibility index (Phi) is 3.88. The monoisotopic (exact) mass is 273 g/mol. The molecule has 0 amide bonds. The largest absolute Gasteiger partial charge is 0.343 e. The minimum Gasteiger partial charge on any atom is -0.343 e. The summed E-state index contributed by atoms with van der Waals surface area (Å²) in [5.74, 6) is 3.44. The SMILES string of the molecule is C#CCN(CC1CC1)c1nccc(CNC2CC2)c1F. The van der Waals surface area contributed by atoms with Gasteiger partial charge in [-0.25, -0.2) is 9.37 Å². The topological polar surface area (TPSA) is 28.2 Å². The van der Waals surface area contributed by atoms with Crippen LogP contribution in [0.5, 0.6) is 0 Å². The van der Waals surface area contributed by atoms with Gasteiger partial charge in [-0.3, -0.25) is 0 Å². The summed E-state index contributed by atoms with van der Waals surface area (Å²) in [6.07, 6.45) is 11.9. The molecule has 0 unspecified atom stereocenters. The summed E-state index contributed by atoms with van der Waals surface area (Å²) < 4.78 is 14.6. The number of pyridine rings is 1. The van der Waals surface area contributed by atoms with Gasteiger partial charge in [-0.05, 0) is 37.7 Å². The van der Waals surface area contributed by atoms with Crippen LogP contribution in [0.4, 0.5) is 10.2 Å². The number of hydrogen-bond acceptors (Lipinski definition) is 3. The molecule has 0 spiro atoms. The molecule has 0 radical (unpaired) electrons. The van der Waals surface area contributed by atoms with Gasteiger partial charge in [0.05, 0.1) is 6.54 Å². The normalized spacial score (nSPS) is 17.8. The first-order chi connectivity index (χ1) is 9.78. The molecule has 1 aromatic rings. The molecule has 0 aromatic carbocycles. The van der Waals surface area contributed by atoms with Crippen molar-refractivity contribution in [1.29, 1.82) is 0 Å². The number of terminal acetylenes is 1. The molecule has 1 N–H and O–H groups in total. The standard InChI is InChI=1S/C16H20FN3/c1-2-9-20(11-12-3-4-12)16-15(17)13(7-8-18-16)10-19-14-5-6-14/h1,7-8,12,14,19H,3-6,9-11H2. The van der Waals surface area contributed by atoms with E-state index in [0.29, 0.717) is 36.4 Å². The number of nitrogens with one attached hydrogen (secondary N) is 1. The van der Waals surface area contributed by atoms with Crippen LogP contribution in [0.15, 0.2) is 12.3 Å². The highest BCUT2D eigenvalue weighted by Gasteiger charge is 2.27. The Morgan fingerprint density at radius 3 is 2.85 bits per heavy atom. The van der Waals surface area contributed by atoms with Crippen molar-refractivity contribution in [2.75, 3.05) is 18.0 Å². The molecule has 106 valence electrons. The lowest BCUT2D eigenvalue weighted by molar-refractivity contribution is 0.574. The van der Waals surface area contributed by atoms with E-state index < -0.39 is 0 Å². The third-order valence-electron chi connectivity index (χ3n) is 3.87. The zero-order valence-electron chi connectivity index (χ0n) is 11.6. The number of hydrogen-bond donors (Lipinski definition) is 1. The molecule has 3 rings (SSSR count). The van der Waals surface area contributed by atoms with Crippen LogP contribution >= 0.6 is 0 Å². The van der Waals surface area contributed by atoms with Crippen molar-refractivity contribution in [2.45, 2.75) is 38.3 Å². The fourth-order valence-electron chi connectivity index (χ4n) is 2.32. The number of nitrogens with zero attached hydrogens (tertiary/aromatic N) is 2. The number of halogens is 1. The van der Waals surface area contributed by atoms with Crippen LogP contribution in [0.1, 0.15) is 31.2 Å². The summed E-state index contributed by atoms with van der Waals surface area (Å²) in [7, 11) is 0. The second kappa shape index (κ2) is 5.80. The lowest BCUT2D eigenvalue weighted by Crippen LogP contribution is -2.28. The molecule has 3 nitrogen and oxygen atoms in total. The van der Waals surface area contributed by atoms with E-state index in [1.165, 1.54) is 25.7 Å². The predicted molar refractivity (Wildman–Crippen MR) is 77.8 cm³/mol. The molecule has 0 atom stereocenters. The number of anilines is 1. The lowest BCUT2D eigenvalue weighted by atomic mass is 10.2.